The van der Waals surface area contributed by atoms with Gasteiger partial charge in [0, 0.05) is 6.54 Å². The largest absolute Gasteiger partial charge is 0.480 e. The summed E-state index contributed by atoms with van der Waals surface area (Å²) in [6, 6.07) is 7.71. The van der Waals surface area contributed by atoms with E-state index in [-0.39, 0.29) is 0 Å². The molecule has 1 unspecified atom stereocenters. The first-order valence-corrected chi connectivity index (χ1v) is 4.60. The molecule has 0 saturated heterocycles. The van der Waals surface area contributed by atoms with E-state index in [2.05, 4.69) is 0 Å². The molecule has 1 aliphatic heterocycles. The van der Waals surface area contributed by atoms with Gasteiger partial charge < -0.3 is 5.11 Å². The molecule has 14 heavy (non-hydrogen) atoms. The van der Waals surface area contributed by atoms with Crippen molar-refractivity contribution in [2.45, 2.75) is 19.0 Å². The predicted molar refractivity (Wildman–Crippen MR) is 52.9 cm³/mol. The standard InChI is InChI=1S/C11H13NO2/c1-11(10(13)14)9-6-4-3-5-8(9)7-12(11)2/h3-6H,7H2,1-2H3,(H,13,14). The number of hydrogen-bond donors (Lipinski definition) is 1. The molecule has 74 valence electrons. The van der Waals surface area contributed by atoms with E-state index in [0.29, 0.717) is 6.54 Å². The molecule has 1 aromatic carbocycles. The van der Waals surface area contributed by atoms with Gasteiger partial charge in [-0.1, -0.05) is 24.3 Å². The molecule has 0 spiro atoms. The second kappa shape index (κ2) is 2.82. The Morgan fingerprint density at radius 2 is 2.14 bits per heavy atom. The first kappa shape index (κ1) is 9.21. The van der Waals surface area contributed by atoms with E-state index in [4.69, 9.17) is 0 Å². The fourth-order valence-electron chi connectivity index (χ4n) is 2.03. The molecule has 1 aromatic rings. The Labute approximate surface area is 83.0 Å². The quantitative estimate of drug-likeness (QED) is 0.730. The maximum absolute atomic E-state index is 11.3. The van der Waals surface area contributed by atoms with Crippen molar-refractivity contribution in [2.24, 2.45) is 0 Å². The van der Waals surface area contributed by atoms with E-state index in [1.165, 1.54) is 0 Å². The lowest BCUT2D eigenvalue weighted by Crippen LogP contribution is -2.42. The molecular weight excluding hydrogens is 178 g/mol. The Morgan fingerprint density at radius 3 is 2.79 bits per heavy atom. The molecule has 0 saturated carbocycles. The van der Waals surface area contributed by atoms with Crippen LogP contribution in [0.5, 0.6) is 0 Å². The molecule has 1 heterocycles. The fraction of sp³-hybridized carbons (Fsp3) is 0.364. The summed E-state index contributed by atoms with van der Waals surface area (Å²) >= 11 is 0. The Bertz CT molecular complexity index is 389. The van der Waals surface area contributed by atoms with Crippen molar-refractivity contribution in [1.29, 1.82) is 0 Å². The first-order chi connectivity index (χ1) is 6.56. The van der Waals surface area contributed by atoms with Gasteiger partial charge >= 0.3 is 5.97 Å². The lowest BCUT2D eigenvalue weighted by Gasteiger charge is -2.28. The normalized spacial score (nSPS) is 26.1. The van der Waals surface area contributed by atoms with Crippen molar-refractivity contribution in [3.8, 4) is 0 Å². The third-order valence-corrected chi connectivity index (χ3v) is 3.13. The highest BCUT2D eigenvalue weighted by molar-refractivity contribution is 5.81. The number of fused-ring (bicyclic) bond motifs is 1. The van der Waals surface area contributed by atoms with E-state index < -0.39 is 11.5 Å². The van der Waals surface area contributed by atoms with E-state index in [9.17, 15) is 9.90 Å². The number of carboxylic acids is 1. The van der Waals surface area contributed by atoms with Gasteiger partial charge in [0.2, 0.25) is 0 Å². The zero-order chi connectivity index (χ0) is 10.3. The van der Waals surface area contributed by atoms with E-state index >= 15 is 0 Å². The van der Waals surface area contributed by atoms with Gasteiger partial charge in [-0.15, -0.1) is 0 Å². The zero-order valence-electron chi connectivity index (χ0n) is 8.32. The SMILES string of the molecule is CN1Cc2ccccc2C1(C)C(=O)O. The van der Waals surface area contributed by atoms with Crippen molar-refractivity contribution >= 4 is 5.97 Å². The molecule has 1 aliphatic rings. The van der Waals surface area contributed by atoms with Crippen LogP contribution in [0.4, 0.5) is 0 Å². The van der Waals surface area contributed by atoms with Gasteiger partial charge in [0.05, 0.1) is 0 Å². The highest BCUT2D eigenvalue weighted by Gasteiger charge is 2.45. The second-order valence-corrected chi connectivity index (χ2v) is 3.89. The van der Waals surface area contributed by atoms with Crippen molar-refractivity contribution in [2.75, 3.05) is 7.05 Å². The topological polar surface area (TPSA) is 40.5 Å². The number of benzene rings is 1. The predicted octanol–water partition coefficient (Wildman–Crippen LogP) is 1.43. The molecule has 0 fully saturated rings. The molecule has 0 radical (unpaired) electrons. The number of aliphatic carboxylic acids is 1. The highest BCUT2D eigenvalue weighted by atomic mass is 16.4. The highest BCUT2D eigenvalue weighted by Crippen LogP contribution is 2.37. The smallest absolute Gasteiger partial charge is 0.328 e. The van der Waals surface area contributed by atoms with Crippen LogP contribution in [0.25, 0.3) is 0 Å². The molecule has 0 bridgehead atoms. The van der Waals surface area contributed by atoms with Gasteiger partial charge in [-0.2, -0.15) is 0 Å². The summed E-state index contributed by atoms with van der Waals surface area (Å²) < 4.78 is 0. The van der Waals surface area contributed by atoms with Crippen LogP contribution in [0.2, 0.25) is 0 Å². The third-order valence-electron chi connectivity index (χ3n) is 3.13. The Balaban J connectivity index is 2.60. The van der Waals surface area contributed by atoms with Crippen molar-refractivity contribution in [1.82, 2.24) is 4.90 Å². The van der Waals surface area contributed by atoms with Crippen LogP contribution in [-0.4, -0.2) is 23.0 Å². The summed E-state index contributed by atoms with van der Waals surface area (Å²) in [4.78, 5) is 13.1. The third kappa shape index (κ3) is 0.990. The van der Waals surface area contributed by atoms with Gasteiger partial charge in [0.1, 0.15) is 5.54 Å². The maximum Gasteiger partial charge on any atom is 0.328 e. The summed E-state index contributed by atoms with van der Waals surface area (Å²) in [5.41, 5.74) is 1.16. The molecular formula is C11H13NO2. The second-order valence-electron chi connectivity index (χ2n) is 3.89. The zero-order valence-corrected chi connectivity index (χ0v) is 8.32. The number of carbonyl (C=O) groups is 1. The van der Waals surface area contributed by atoms with Gasteiger partial charge in [-0.05, 0) is 25.1 Å². The molecule has 1 N–H and O–H groups in total. The van der Waals surface area contributed by atoms with E-state index in [1.54, 1.807) is 6.92 Å². The van der Waals surface area contributed by atoms with Crippen LogP contribution in [0, 0.1) is 0 Å². The first-order valence-electron chi connectivity index (χ1n) is 4.60. The number of likely N-dealkylation sites (N-methyl/N-ethyl adjacent to an activating group) is 1. The summed E-state index contributed by atoms with van der Waals surface area (Å²) in [6.07, 6.45) is 0. The van der Waals surface area contributed by atoms with Gasteiger partial charge in [0.25, 0.3) is 0 Å². The Kier molecular flexibility index (Phi) is 1.86. The van der Waals surface area contributed by atoms with Crippen molar-refractivity contribution in [3.05, 3.63) is 35.4 Å². The molecule has 1 atom stereocenters. The van der Waals surface area contributed by atoms with E-state index in [1.807, 2.05) is 36.2 Å². The minimum atomic E-state index is -0.864. The lowest BCUT2D eigenvalue weighted by molar-refractivity contribution is -0.149. The molecule has 0 amide bonds. The van der Waals surface area contributed by atoms with Crippen LogP contribution in [0.1, 0.15) is 18.1 Å². The monoisotopic (exact) mass is 191 g/mol. The Morgan fingerprint density at radius 1 is 1.50 bits per heavy atom. The minimum absolute atomic E-state index is 0.707. The number of carboxylic acid groups (broad SMARTS) is 1. The molecule has 0 aromatic heterocycles. The van der Waals surface area contributed by atoms with Crippen molar-refractivity contribution < 1.29 is 9.90 Å². The molecule has 3 heteroatoms. The molecule has 0 aliphatic carbocycles. The summed E-state index contributed by atoms with van der Waals surface area (Å²) in [5.74, 6) is -0.787. The average Bonchev–Trinajstić information content (AvgIpc) is 2.41. The van der Waals surface area contributed by atoms with Gasteiger partial charge in [-0.25, -0.2) is 4.79 Å². The van der Waals surface area contributed by atoms with Crippen LogP contribution in [0.15, 0.2) is 24.3 Å². The Hall–Kier alpha value is -1.35. The van der Waals surface area contributed by atoms with Crippen LogP contribution in [-0.2, 0) is 16.9 Å². The summed E-state index contributed by atoms with van der Waals surface area (Å²) in [6.45, 7) is 2.46. The lowest BCUT2D eigenvalue weighted by atomic mass is 9.92. The van der Waals surface area contributed by atoms with Crippen LogP contribution >= 0.6 is 0 Å². The van der Waals surface area contributed by atoms with Gasteiger partial charge in [0.15, 0.2) is 0 Å². The summed E-state index contributed by atoms with van der Waals surface area (Å²) in [7, 11) is 1.84. The fourth-order valence-corrected chi connectivity index (χ4v) is 2.03. The van der Waals surface area contributed by atoms with Crippen LogP contribution in [0.3, 0.4) is 0 Å². The molecule has 2 rings (SSSR count). The average molecular weight is 191 g/mol. The summed E-state index contributed by atoms with van der Waals surface area (Å²) in [5, 5.41) is 9.25. The maximum atomic E-state index is 11.3. The number of nitrogens with zero attached hydrogens (tertiary/aromatic N) is 1. The molecule has 3 nitrogen and oxygen atoms in total. The number of hydrogen-bond acceptors (Lipinski definition) is 2. The van der Waals surface area contributed by atoms with Crippen LogP contribution < -0.4 is 0 Å². The van der Waals surface area contributed by atoms with E-state index in [0.717, 1.165) is 11.1 Å². The minimum Gasteiger partial charge on any atom is -0.480 e. The number of rotatable bonds is 1. The van der Waals surface area contributed by atoms with Crippen molar-refractivity contribution in [3.63, 3.8) is 0 Å². The van der Waals surface area contributed by atoms with Gasteiger partial charge in [-0.3, -0.25) is 4.90 Å².